The molecule has 2 rings (SSSR count). The first kappa shape index (κ1) is 12.4. The second-order valence-corrected chi connectivity index (χ2v) is 4.63. The molecule has 0 bridgehead atoms. The van der Waals surface area contributed by atoms with Crippen molar-refractivity contribution >= 4 is 5.91 Å². The lowest BCUT2D eigenvalue weighted by Gasteiger charge is -2.23. The smallest absolute Gasteiger partial charge is 0.241 e. The molecule has 4 heteroatoms. The largest absolute Gasteiger partial charge is 0.497 e. The molecule has 4 nitrogen and oxygen atoms in total. The number of hydrogen-bond donors (Lipinski definition) is 0. The summed E-state index contributed by atoms with van der Waals surface area (Å²) in [6.45, 7) is 3.80. The van der Waals surface area contributed by atoms with E-state index < -0.39 is 5.41 Å². The average Bonchev–Trinajstić information content (AvgIpc) is 2.91. The van der Waals surface area contributed by atoms with Crippen LogP contribution >= 0.6 is 0 Å². The Kier molecular flexibility index (Phi) is 3.19. The third-order valence-electron chi connectivity index (χ3n) is 3.09. The molecular formula is C14H16N2O2. The Bertz CT molecular complexity index is 527. The van der Waals surface area contributed by atoms with Crippen molar-refractivity contribution in [2.24, 2.45) is 0 Å². The molecule has 0 saturated carbocycles. The van der Waals surface area contributed by atoms with Crippen molar-refractivity contribution in [1.29, 1.82) is 0 Å². The molecular weight excluding hydrogens is 228 g/mol. The Morgan fingerprint density at radius 1 is 1.28 bits per heavy atom. The van der Waals surface area contributed by atoms with Crippen LogP contribution in [0.1, 0.15) is 24.2 Å². The van der Waals surface area contributed by atoms with Crippen LogP contribution in [0, 0.1) is 0 Å². The molecule has 0 aliphatic carbocycles. The summed E-state index contributed by atoms with van der Waals surface area (Å²) < 4.78 is 6.62. The maximum atomic E-state index is 12.4. The molecule has 18 heavy (non-hydrogen) atoms. The highest BCUT2D eigenvalue weighted by Crippen LogP contribution is 2.26. The molecule has 0 aliphatic rings. The van der Waals surface area contributed by atoms with Crippen LogP contribution in [0.25, 0.3) is 0 Å². The van der Waals surface area contributed by atoms with Crippen LogP contribution in [-0.2, 0) is 5.41 Å². The lowest BCUT2D eigenvalue weighted by atomic mass is 9.83. The van der Waals surface area contributed by atoms with Gasteiger partial charge in [0.15, 0.2) is 0 Å². The number of carbonyl (C=O) groups excluding carboxylic acids is 1. The lowest BCUT2D eigenvalue weighted by Crippen LogP contribution is -2.33. The van der Waals surface area contributed by atoms with Crippen LogP contribution in [0.3, 0.4) is 0 Å². The molecule has 0 fully saturated rings. The van der Waals surface area contributed by atoms with Gasteiger partial charge in [0.05, 0.1) is 12.5 Å². The summed E-state index contributed by atoms with van der Waals surface area (Å²) >= 11 is 0. The van der Waals surface area contributed by atoms with Gasteiger partial charge in [-0.05, 0) is 31.5 Å². The number of methoxy groups -OCH3 is 1. The summed E-state index contributed by atoms with van der Waals surface area (Å²) in [4.78, 5) is 16.3. The normalized spacial score (nSPS) is 11.3. The Morgan fingerprint density at radius 2 is 1.94 bits per heavy atom. The zero-order valence-electron chi connectivity index (χ0n) is 10.8. The van der Waals surface area contributed by atoms with Crippen molar-refractivity contribution in [2.75, 3.05) is 7.11 Å². The summed E-state index contributed by atoms with van der Waals surface area (Å²) in [7, 11) is 1.62. The third-order valence-corrected chi connectivity index (χ3v) is 3.09. The molecule has 1 aromatic heterocycles. The molecule has 1 aromatic carbocycles. The summed E-state index contributed by atoms with van der Waals surface area (Å²) in [6, 6.07) is 7.54. The van der Waals surface area contributed by atoms with Gasteiger partial charge in [0, 0.05) is 12.4 Å². The van der Waals surface area contributed by atoms with Crippen LogP contribution in [0.4, 0.5) is 0 Å². The molecule has 0 amide bonds. The minimum atomic E-state index is -0.604. The fourth-order valence-corrected chi connectivity index (χ4v) is 1.83. The molecule has 0 unspecified atom stereocenters. The van der Waals surface area contributed by atoms with Crippen molar-refractivity contribution in [3.8, 4) is 5.75 Å². The van der Waals surface area contributed by atoms with Crippen molar-refractivity contribution < 1.29 is 9.53 Å². The molecule has 1 heterocycles. The van der Waals surface area contributed by atoms with E-state index in [1.54, 1.807) is 19.5 Å². The quantitative estimate of drug-likeness (QED) is 0.833. The highest BCUT2D eigenvalue weighted by molar-refractivity contribution is 5.89. The maximum Gasteiger partial charge on any atom is 0.241 e. The van der Waals surface area contributed by atoms with Gasteiger partial charge in [0.2, 0.25) is 5.91 Å². The predicted octanol–water partition coefficient (Wildman–Crippen LogP) is 2.51. The van der Waals surface area contributed by atoms with Gasteiger partial charge >= 0.3 is 0 Å². The first-order valence-electron chi connectivity index (χ1n) is 5.73. The topological polar surface area (TPSA) is 44.1 Å². The molecule has 94 valence electrons. The average molecular weight is 244 g/mol. The third kappa shape index (κ3) is 2.14. The number of aromatic nitrogens is 2. The van der Waals surface area contributed by atoms with E-state index in [0.717, 1.165) is 11.3 Å². The van der Waals surface area contributed by atoms with Gasteiger partial charge in [-0.25, -0.2) is 4.98 Å². The van der Waals surface area contributed by atoms with Crippen molar-refractivity contribution in [2.45, 2.75) is 19.3 Å². The number of carbonyl (C=O) groups is 1. The minimum Gasteiger partial charge on any atom is -0.497 e. The molecule has 0 atom stereocenters. The number of nitrogens with zero attached hydrogens (tertiary/aromatic N) is 2. The summed E-state index contributed by atoms with van der Waals surface area (Å²) in [5.74, 6) is 0.773. The van der Waals surface area contributed by atoms with Gasteiger partial charge in [0.25, 0.3) is 0 Å². The SMILES string of the molecule is COc1ccc(C(C)(C)C(=O)n2ccnc2)cc1. The molecule has 0 saturated heterocycles. The lowest BCUT2D eigenvalue weighted by molar-refractivity contribution is 0.0821. The zero-order valence-corrected chi connectivity index (χ0v) is 10.8. The van der Waals surface area contributed by atoms with Crippen molar-refractivity contribution in [3.63, 3.8) is 0 Å². The van der Waals surface area contributed by atoms with E-state index in [2.05, 4.69) is 4.98 Å². The maximum absolute atomic E-state index is 12.4. The van der Waals surface area contributed by atoms with E-state index in [0.29, 0.717) is 0 Å². The highest BCUT2D eigenvalue weighted by atomic mass is 16.5. The number of benzene rings is 1. The van der Waals surface area contributed by atoms with Gasteiger partial charge < -0.3 is 4.74 Å². The van der Waals surface area contributed by atoms with E-state index in [-0.39, 0.29) is 5.91 Å². The van der Waals surface area contributed by atoms with Crippen LogP contribution < -0.4 is 4.74 Å². The second kappa shape index (κ2) is 4.64. The van der Waals surface area contributed by atoms with Gasteiger partial charge in [-0.1, -0.05) is 12.1 Å². The molecule has 2 aromatic rings. The van der Waals surface area contributed by atoms with Gasteiger partial charge in [0.1, 0.15) is 12.1 Å². The number of rotatable bonds is 3. The molecule has 0 radical (unpaired) electrons. The van der Waals surface area contributed by atoms with Gasteiger partial charge in [-0.3, -0.25) is 9.36 Å². The molecule has 0 N–H and O–H groups in total. The second-order valence-electron chi connectivity index (χ2n) is 4.63. The van der Waals surface area contributed by atoms with Crippen LogP contribution in [0.15, 0.2) is 43.0 Å². The highest BCUT2D eigenvalue weighted by Gasteiger charge is 2.30. The van der Waals surface area contributed by atoms with Gasteiger partial charge in [-0.2, -0.15) is 0 Å². The predicted molar refractivity (Wildman–Crippen MR) is 68.9 cm³/mol. The van der Waals surface area contributed by atoms with E-state index in [1.807, 2.05) is 38.1 Å². The van der Waals surface area contributed by atoms with Gasteiger partial charge in [-0.15, -0.1) is 0 Å². The van der Waals surface area contributed by atoms with E-state index in [4.69, 9.17) is 4.74 Å². The number of ether oxygens (including phenoxy) is 1. The summed E-state index contributed by atoms with van der Waals surface area (Å²) in [5, 5.41) is 0. The van der Waals surface area contributed by atoms with Crippen molar-refractivity contribution in [1.82, 2.24) is 9.55 Å². The zero-order chi connectivity index (χ0) is 13.2. The Labute approximate surface area is 106 Å². The van der Waals surface area contributed by atoms with Crippen LogP contribution in [0.2, 0.25) is 0 Å². The standard InChI is InChI=1S/C14H16N2O2/c1-14(2,13(17)16-9-8-15-10-16)11-4-6-12(18-3)7-5-11/h4-10H,1-3H3. The van der Waals surface area contributed by atoms with Crippen LogP contribution in [0.5, 0.6) is 5.75 Å². The summed E-state index contributed by atoms with van der Waals surface area (Å²) in [5.41, 5.74) is 0.342. The molecule has 0 spiro atoms. The summed E-state index contributed by atoms with van der Waals surface area (Å²) in [6.07, 6.45) is 4.78. The Morgan fingerprint density at radius 3 is 2.44 bits per heavy atom. The Hall–Kier alpha value is -2.10. The minimum absolute atomic E-state index is 0.00910. The number of imidazole rings is 1. The fraction of sp³-hybridized carbons (Fsp3) is 0.286. The monoisotopic (exact) mass is 244 g/mol. The van der Waals surface area contributed by atoms with E-state index >= 15 is 0 Å². The van der Waals surface area contributed by atoms with E-state index in [1.165, 1.54) is 10.9 Å². The van der Waals surface area contributed by atoms with Crippen molar-refractivity contribution in [3.05, 3.63) is 48.5 Å². The van der Waals surface area contributed by atoms with Crippen LogP contribution in [-0.4, -0.2) is 22.6 Å². The number of hydrogen-bond acceptors (Lipinski definition) is 3. The fourth-order valence-electron chi connectivity index (χ4n) is 1.83. The van der Waals surface area contributed by atoms with E-state index in [9.17, 15) is 4.79 Å². The first-order valence-corrected chi connectivity index (χ1v) is 5.73. The molecule has 0 aliphatic heterocycles. The first-order chi connectivity index (χ1) is 8.55. The Balaban J connectivity index is 2.32.